The van der Waals surface area contributed by atoms with Gasteiger partial charge < -0.3 is 35.1 Å². The maximum Gasteiger partial charge on any atom is 0.407 e. The molecule has 11 nitrogen and oxygen atoms in total. The minimum absolute atomic E-state index is 0.0157. The van der Waals surface area contributed by atoms with Crippen LogP contribution in [0.1, 0.15) is 34.1 Å². The van der Waals surface area contributed by atoms with E-state index < -0.39 is 49.4 Å². The number of carbonyl (C=O) groups is 4. The van der Waals surface area contributed by atoms with E-state index in [2.05, 4.69) is 10.6 Å². The van der Waals surface area contributed by atoms with Crippen LogP contribution < -0.4 is 10.6 Å². The normalized spacial score (nSPS) is 14.1. The minimum Gasteiger partial charge on any atom is -0.480 e. The van der Waals surface area contributed by atoms with Crippen molar-refractivity contribution in [2.75, 3.05) is 26.4 Å². The predicted molar refractivity (Wildman–Crippen MR) is 170 cm³/mol. The molecule has 0 fully saturated rings. The lowest BCUT2D eigenvalue weighted by molar-refractivity contribution is -0.142. The van der Waals surface area contributed by atoms with Gasteiger partial charge in [0.2, 0.25) is 0 Å². The number of fused-ring (bicyclic) bond motifs is 6. The van der Waals surface area contributed by atoms with E-state index in [0.717, 1.165) is 44.5 Å². The van der Waals surface area contributed by atoms with E-state index >= 15 is 0 Å². The highest BCUT2D eigenvalue weighted by Crippen LogP contribution is 2.45. The second kappa shape index (κ2) is 13.8. The Hall–Kier alpha value is -5.68. The Kier molecular flexibility index (Phi) is 9.16. The molecular formula is C36H32N2O9. The molecule has 0 spiro atoms. The second-order valence-corrected chi connectivity index (χ2v) is 11.3. The molecule has 4 aromatic rings. The summed E-state index contributed by atoms with van der Waals surface area (Å²) in [6.07, 6.45) is -1.93. The van der Waals surface area contributed by atoms with Gasteiger partial charge in [0.05, 0.1) is 13.2 Å². The van der Waals surface area contributed by atoms with Crippen molar-refractivity contribution in [2.45, 2.75) is 23.9 Å². The van der Waals surface area contributed by atoms with Gasteiger partial charge in [0.15, 0.2) is 12.1 Å². The van der Waals surface area contributed by atoms with E-state index in [1.165, 1.54) is 0 Å². The van der Waals surface area contributed by atoms with Gasteiger partial charge in [-0.15, -0.1) is 0 Å². The Balaban J connectivity index is 0.987. The third-order valence-corrected chi connectivity index (χ3v) is 8.44. The Morgan fingerprint density at radius 1 is 0.532 bits per heavy atom. The molecule has 240 valence electrons. The van der Waals surface area contributed by atoms with Gasteiger partial charge in [-0.05, 0) is 44.5 Å². The highest BCUT2D eigenvalue weighted by atomic mass is 16.6. The summed E-state index contributed by atoms with van der Waals surface area (Å²) in [7, 11) is 0. The summed E-state index contributed by atoms with van der Waals surface area (Å²) >= 11 is 0. The van der Waals surface area contributed by atoms with Crippen molar-refractivity contribution in [3.8, 4) is 22.3 Å². The smallest absolute Gasteiger partial charge is 0.407 e. The molecule has 47 heavy (non-hydrogen) atoms. The van der Waals surface area contributed by atoms with Gasteiger partial charge in [0, 0.05) is 11.8 Å². The summed E-state index contributed by atoms with van der Waals surface area (Å²) in [5.74, 6) is -3.24. The van der Waals surface area contributed by atoms with Crippen LogP contribution in [-0.4, -0.2) is 72.8 Å². The van der Waals surface area contributed by atoms with Crippen LogP contribution >= 0.6 is 0 Å². The van der Waals surface area contributed by atoms with Gasteiger partial charge >= 0.3 is 24.1 Å². The number of aliphatic carboxylic acids is 2. The Labute approximate surface area is 270 Å². The molecule has 0 unspecified atom stereocenters. The molecule has 4 aromatic carbocycles. The second-order valence-electron chi connectivity index (χ2n) is 11.3. The Morgan fingerprint density at radius 3 is 1.13 bits per heavy atom. The molecule has 0 saturated heterocycles. The SMILES string of the molecule is O=C(N[C@@H](COC[C@H](NC(=O)OCC1c2ccccc2-c2ccccc21)C(=O)O)C(=O)O)OCC1c2ccccc2-c2ccccc21. The summed E-state index contributed by atoms with van der Waals surface area (Å²) in [5.41, 5.74) is 8.21. The van der Waals surface area contributed by atoms with Crippen LogP contribution in [-0.2, 0) is 23.8 Å². The lowest BCUT2D eigenvalue weighted by atomic mass is 9.98. The number of hydrogen-bond acceptors (Lipinski definition) is 7. The van der Waals surface area contributed by atoms with E-state index in [1.807, 2.05) is 97.1 Å². The monoisotopic (exact) mass is 636 g/mol. The largest absolute Gasteiger partial charge is 0.480 e. The zero-order valence-electron chi connectivity index (χ0n) is 25.1. The maximum atomic E-state index is 12.6. The molecule has 0 radical (unpaired) electrons. The predicted octanol–water partition coefficient (Wildman–Crippen LogP) is 4.99. The summed E-state index contributed by atoms with van der Waals surface area (Å²) in [6.45, 7) is -1.18. The van der Waals surface area contributed by atoms with Crippen LogP contribution in [0.5, 0.6) is 0 Å². The van der Waals surface area contributed by atoms with Crippen molar-refractivity contribution in [3.05, 3.63) is 119 Å². The number of hydrogen-bond donors (Lipinski definition) is 4. The number of rotatable bonds is 12. The van der Waals surface area contributed by atoms with E-state index in [9.17, 15) is 29.4 Å². The first-order chi connectivity index (χ1) is 22.8. The van der Waals surface area contributed by atoms with Gasteiger partial charge in [-0.3, -0.25) is 0 Å². The summed E-state index contributed by atoms with van der Waals surface area (Å²) < 4.78 is 16.2. The summed E-state index contributed by atoms with van der Waals surface area (Å²) in [6, 6.07) is 28.1. The third-order valence-electron chi connectivity index (χ3n) is 8.44. The molecule has 2 amide bonds. The standard InChI is InChI=1S/C36H32N2O9/c39-33(40)31(37-35(43)46-17-29-25-13-5-1-9-21(25)22-10-2-6-14-26(22)29)19-45-20-32(34(41)42)38-36(44)47-18-30-27-15-7-3-11-23(27)24-12-4-8-16-28(24)30/h1-16,29-32H,17-20H2,(H,37,43)(H,38,44)(H,39,40)(H,41,42)/t31-,32-/m0/s1. The minimum atomic E-state index is -1.53. The molecule has 4 N–H and O–H groups in total. The number of alkyl carbamates (subject to hydrolysis) is 2. The molecule has 0 saturated carbocycles. The average Bonchev–Trinajstić information content (AvgIpc) is 3.57. The molecule has 0 aliphatic heterocycles. The van der Waals surface area contributed by atoms with Crippen LogP contribution in [0.2, 0.25) is 0 Å². The first-order valence-electron chi connectivity index (χ1n) is 15.1. The molecule has 0 aromatic heterocycles. The molecule has 2 aliphatic carbocycles. The fourth-order valence-corrected chi connectivity index (χ4v) is 6.22. The van der Waals surface area contributed by atoms with Crippen molar-refractivity contribution >= 4 is 24.1 Å². The number of ether oxygens (including phenoxy) is 3. The van der Waals surface area contributed by atoms with E-state index in [0.29, 0.717) is 0 Å². The van der Waals surface area contributed by atoms with Gasteiger partial charge in [0.25, 0.3) is 0 Å². The topological polar surface area (TPSA) is 160 Å². The van der Waals surface area contributed by atoms with Crippen molar-refractivity contribution in [2.24, 2.45) is 0 Å². The molecule has 0 heterocycles. The van der Waals surface area contributed by atoms with E-state index in [1.54, 1.807) is 0 Å². The number of nitrogens with one attached hydrogen (secondary N) is 2. The lowest BCUT2D eigenvalue weighted by Gasteiger charge is -2.19. The van der Waals surface area contributed by atoms with Crippen LogP contribution in [0.3, 0.4) is 0 Å². The van der Waals surface area contributed by atoms with Gasteiger partial charge in [-0.2, -0.15) is 0 Å². The third kappa shape index (κ3) is 6.66. The molecule has 11 heteroatoms. The first kappa shape index (κ1) is 31.3. The Bertz CT molecular complexity index is 1600. The molecule has 2 atom stereocenters. The van der Waals surface area contributed by atoms with Gasteiger partial charge in [-0.1, -0.05) is 97.1 Å². The summed E-state index contributed by atoms with van der Waals surface area (Å²) in [4.78, 5) is 48.9. The fourth-order valence-electron chi connectivity index (χ4n) is 6.22. The van der Waals surface area contributed by atoms with Crippen molar-refractivity contribution in [1.82, 2.24) is 10.6 Å². The molecule has 2 aliphatic rings. The van der Waals surface area contributed by atoms with Crippen LogP contribution in [0.25, 0.3) is 22.3 Å². The molecule has 0 bridgehead atoms. The number of amides is 2. The zero-order valence-corrected chi connectivity index (χ0v) is 25.1. The van der Waals surface area contributed by atoms with Crippen molar-refractivity contribution in [3.63, 3.8) is 0 Å². The van der Waals surface area contributed by atoms with E-state index in [-0.39, 0.29) is 25.0 Å². The highest BCUT2D eigenvalue weighted by molar-refractivity contribution is 5.82. The first-order valence-corrected chi connectivity index (χ1v) is 15.1. The fraction of sp³-hybridized carbons (Fsp3) is 0.222. The number of carboxylic acid groups (broad SMARTS) is 2. The lowest BCUT2D eigenvalue weighted by Crippen LogP contribution is -2.47. The quantitative estimate of drug-likeness (QED) is 0.168. The van der Waals surface area contributed by atoms with E-state index in [4.69, 9.17) is 14.2 Å². The van der Waals surface area contributed by atoms with Gasteiger partial charge in [0.1, 0.15) is 13.2 Å². The van der Waals surface area contributed by atoms with Crippen LogP contribution in [0.4, 0.5) is 9.59 Å². The summed E-state index contributed by atoms with van der Waals surface area (Å²) in [5, 5.41) is 23.8. The highest BCUT2D eigenvalue weighted by Gasteiger charge is 2.32. The number of carbonyl (C=O) groups excluding carboxylic acids is 2. The van der Waals surface area contributed by atoms with Crippen LogP contribution in [0, 0.1) is 0 Å². The number of benzene rings is 4. The molecular weight excluding hydrogens is 604 g/mol. The van der Waals surface area contributed by atoms with Crippen molar-refractivity contribution < 1.29 is 43.6 Å². The zero-order chi connectivity index (χ0) is 32.9. The average molecular weight is 637 g/mol. The maximum absolute atomic E-state index is 12.6. The van der Waals surface area contributed by atoms with Crippen LogP contribution in [0.15, 0.2) is 97.1 Å². The number of carboxylic acids is 2. The Morgan fingerprint density at radius 2 is 0.830 bits per heavy atom. The van der Waals surface area contributed by atoms with Gasteiger partial charge in [-0.25, -0.2) is 19.2 Å². The molecule has 6 rings (SSSR count). The van der Waals surface area contributed by atoms with Crippen molar-refractivity contribution in [1.29, 1.82) is 0 Å².